The molecule has 0 spiro atoms. The molecule has 6 rings (SSSR count). The molecule has 202 valence electrons. The number of ether oxygens (including phenoxy) is 1. The van der Waals surface area contributed by atoms with Crippen LogP contribution >= 0.6 is 0 Å². The van der Waals surface area contributed by atoms with E-state index in [0.717, 1.165) is 43.9 Å². The van der Waals surface area contributed by atoms with E-state index in [9.17, 15) is 9.90 Å². The normalized spacial score (nSPS) is 22.1. The lowest BCUT2D eigenvalue weighted by molar-refractivity contribution is 0.0697. The molecule has 0 unspecified atom stereocenters. The smallest absolute Gasteiger partial charge is 0.335 e. The fourth-order valence-electron chi connectivity index (χ4n) is 7.52. The van der Waals surface area contributed by atoms with Crippen LogP contribution in [0.4, 0.5) is 0 Å². The van der Waals surface area contributed by atoms with E-state index in [0.29, 0.717) is 23.4 Å². The van der Waals surface area contributed by atoms with Crippen molar-refractivity contribution in [3.63, 3.8) is 0 Å². The largest absolute Gasteiger partial charge is 0.497 e. The second kappa shape index (κ2) is 10.4. The van der Waals surface area contributed by atoms with Gasteiger partial charge in [0.1, 0.15) is 5.75 Å². The Kier molecular flexibility index (Phi) is 6.95. The van der Waals surface area contributed by atoms with Crippen LogP contribution in [0.1, 0.15) is 78.4 Å². The average molecular weight is 516 g/mol. The predicted molar refractivity (Wildman–Crippen MR) is 152 cm³/mol. The summed E-state index contributed by atoms with van der Waals surface area (Å²) in [7, 11) is 6.07. The standard InChI is InChI=1S/C32H41N3O3/c1-33(2)17-18-34-15-13-22-14-16-35-28-19-23(32(36)37)9-11-26(28)29(21-7-5-4-6-8-21)31(35)25-12-10-24(38-3)20-27(25)30(22)34/h9-12,19-22,30H,4-8,13-18H2,1-3H3,(H,36,37)/t22-,30+/m0/s1. The molecular formula is C32H41N3O3. The minimum absolute atomic E-state index is 0.374. The monoisotopic (exact) mass is 515 g/mol. The Hall–Kier alpha value is -2.83. The lowest BCUT2D eigenvalue weighted by Gasteiger charge is -2.34. The van der Waals surface area contributed by atoms with Crippen LogP contribution in [0.25, 0.3) is 22.2 Å². The molecule has 3 aromatic rings. The van der Waals surface area contributed by atoms with Crippen LogP contribution in [0.15, 0.2) is 36.4 Å². The quantitative estimate of drug-likeness (QED) is 0.412. The van der Waals surface area contributed by atoms with E-state index in [1.54, 1.807) is 13.2 Å². The molecule has 6 nitrogen and oxygen atoms in total. The average Bonchev–Trinajstić information content (AvgIpc) is 3.47. The molecule has 1 saturated heterocycles. The van der Waals surface area contributed by atoms with Crippen molar-refractivity contribution in [2.24, 2.45) is 5.92 Å². The van der Waals surface area contributed by atoms with E-state index in [4.69, 9.17) is 4.74 Å². The van der Waals surface area contributed by atoms with Gasteiger partial charge in [0.05, 0.1) is 18.4 Å². The lowest BCUT2D eigenvalue weighted by Crippen LogP contribution is -2.33. The van der Waals surface area contributed by atoms with Gasteiger partial charge in [-0.15, -0.1) is 0 Å². The van der Waals surface area contributed by atoms with E-state index < -0.39 is 5.97 Å². The first-order valence-corrected chi connectivity index (χ1v) is 14.4. The zero-order valence-electron chi connectivity index (χ0n) is 23.1. The van der Waals surface area contributed by atoms with Crippen molar-refractivity contribution in [1.29, 1.82) is 0 Å². The molecule has 1 saturated carbocycles. The van der Waals surface area contributed by atoms with Gasteiger partial charge in [-0.3, -0.25) is 4.90 Å². The summed E-state index contributed by atoms with van der Waals surface area (Å²) < 4.78 is 8.25. The molecule has 1 N–H and O–H groups in total. The molecule has 2 aromatic carbocycles. The highest BCUT2D eigenvalue weighted by atomic mass is 16.5. The molecule has 0 amide bonds. The molecule has 1 aliphatic carbocycles. The number of aryl methyl sites for hydroxylation is 1. The van der Waals surface area contributed by atoms with Crippen molar-refractivity contribution in [2.75, 3.05) is 40.8 Å². The van der Waals surface area contributed by atoms with Crippen LogP contribution in [-0.4, -0.2) is 66.3 Å². The molecule has 38 heavy (non-hydrogen) atoms. The van der Waals surface area contributed by atoms with E-state index in [2.05, 4.69) is 52.7 Å². The van der Waals surface area contributed by atoms with Gasteiger partial charge in [0.2, 0.25) is 0 Å². The molecule has 2 atom stereocenters. The number of likely N-dealkylation sites (tertiary alicyclic amines) is 1. The van der Waals surface area contributed by atoms with Crippen molar-refractivity contribution in [3.8, 4) is 17.0 Å². The van der Waals surface area contributed by atoms with Crippen LogP contribution in [0, 0.1) is 5.92 Å². The Morgan fingerprint density at radius 3 is 2.55 bits per heavy atom. The maximum Gasteiger partial charge on any atom is 0.335 e. The maximum absolute atomic E-state index is 12.0. The molecular weight excluding hydrogens is 474 g/mol. The Morgan fingerprint density at radius 1 is 1.03 bits per heavy atom. The van der Waals surface area contributed by atoms with E-state index in [1.807, 2.05) is 6.07 Å². The summed E-state index contributed by atoms with van der Waals surface area (Å²) in [6.45, 7) is 4.16. The number of fused-ring (bicyclic) bond motifs is 7. The number of aromatic nitrogens is 1. The van der Waals surface area contributed by atoms with Crippen LogP contribution in [0.2, 0.25) is 0 Å². The van der Waals surface area contributed by atoms with E-state index in [1.165, 1.54) is 66.3 Å². The zero-order valence-corrected chi connectivity index (χ0v) is 23.1. The topological polar surface area (TPSA) is 57.9 Å². The summed E-state index contributed by atoms with van der Waals surface area (Å²) in [5.74, 6) is 1.13. The highest BCUT2D eigenvalue weighted by Gasteiger charge is 2.39. The van der Waals surface area contributed by atoms with Gasteiger partial charge in [0.15, 0.2) is 0 Å². The van der Waals surface area contributed by atoms with Gasteiger partial charge in [0.25, 0.3) is 0 Å². The molecule has 2 aliphatic heterocycles. The number of hydrogen-bond acceptors (Lipinski definition) is 4. The molecule has 1 aromatic heterocycles. The number of rotatable bonds is 6. The summed E-state index contributed by atoms with van der Waals surface area (Å²) in [5, 5.41) is 11.1. The number of nitrogens with zero attached hydrogens (tertiary/aromatic N) is 3. The summed E-state index contributed by atoms with van der Waals surface area (Å²) in [6.07, 6.45) is 8.55. The first-order chi connectivity index (χ1) is 18.5. The van der Waals surface area contributed by atoms with Crippen LogP contribution in [-0.2, 0) is 6.54 Å². The second-order valence-corrected chi connectivity index (χ2v) is 11.9. The second-order valence-electron chi connectivity index (χ2n) is 11.9. The molecule has 6 heteroatoms. The van der Waals surface area contributed by atoms with Gasteiger partial charge in [-0.25, -0.2) is 4.79 Å². The first kappa shape index (κ1) is 25.4. The number of methoxy groups -OCH3 is 1. The summed E-state index contributed by atoms with van der Waals surface area (Å²) in [4.78, 5) is 17.0. The fraction of sp³-hybridized carbons (Fsp3) is 0.531. The number of carboxylic acids is 1. The van der Waals surface area contributed by atoms with E-state index in [-0.39, 0.29) is 0 Å². The maximum atomic E-state index is 12.0. The molecule has 3 aliphatic rings. The molecule has 3 heterocycles. The van der Waals surface area contributed by atoms with Crippen molar-refractivity contribution in [1.82, 2.24) is 14.4 Å². The van der Waals surface area contributed by atoms with Crippen molar-refractivity contribution in [3.05, 3.63) is 53.1 Å². The third-order valence-corrected chi connectivity index (χ3v) is 9.38. The Labute approximate surface area is 226 Å². The number of hydrogen-bond donors (Lipinski definition) is 1. The number of carboxylic acid groups (broad SMARTS) is 1. The summed E-state index contributed by atoms with van der Waals surface area (Å²) in [6, 6.07) is 12.9. The minimum atomic E-state index is -0.856. The van der Waals surface area contributed by atoms with Crippen molar-refractivity contribution >= 4 is 16.9 Å². The third-order valence-electron chi connectivity index (χ3n) is 9.38. The van der Waals surface area contributed by atoms with Gasteiger partial charge in [-0.05, 0) is 99.6 Å². The first-order valence-electron chi connectivity index (χ1n) is 14.4. The number of benzene rings is 2. The van der Waals surface area contributed by atoms with Crippen molar-refractivity contribution in [2.45, 2.75) is 63.5 Å². The highest BCUT2D eigenvalue weighted by Crippen LogP contribution is 2.51. The molecule has 0 bridgehead atoms. The minimum Gasteiger partial charge on any atom is -0.497 e. The zero-order chi connectivity index (χ0) is 26.4. The Balaban J connectivity index is 1.60. The van der Waals surface area contributed by atoms with Gasteiger partial charge in [-0.2, -0.15) is 0 Å². The molecule has 0 radical (unpaired) electrons. The van der Waals surface area contributed by atoms with Gasteiger partial charge in [0, 0.05) is 42.1 Å². The Morgan fingerprint density at radius 2 is 1.82 bits per heavy atom. The summed E-state index contributed by atoms with van der Waals surface area (Å²) in [5.41, 5.74) is 6.92. The van der Waals surface area contributed by atoms with Gasteiger partial charge < -0.3 is 19.3 Å². The number of carbonyl (C=O) groups is 1. The van der Waals surface area contributed by atoms with Gasteiger partial charge in [-0.1, -0.05) is 25.3 Å². The van der Waals surface area contributed by atoms with Crippen LogP contribution in [0.3, 0.4) is 0 Å². The van der Waals surface area contributed by atoms with Crippen molar-refractivity contribution < 1.29 is 14.6 Å². The highest BCUT2D eigenvalue weighted by molar-refractivity contribution is 5.98. The SMILES string of the molecule is COc1ccc2c(c1)[C@H]1[C@@H](CCN1CCN(C)C)CCn1c-2c(C2CCCCC2)c2ccc(C(=O)O)cc21. The number of likely N-dealkylation sites (N-methyl/N-ethyl adjacent to an activating group) is 1. The van der Waals surface area contributed by atoms with Gasteiger partial charge >= 0.3 is 5.97 Å². The number of aromatic carboxylic acids is 1. The van der Waals surface area contributed by atoms with Crippen LogP contribution < -0.4 is 4.74 Å². The Bertz CT molecular complexity index is 1340. The summed E-state index contributed by atoms with van der Waals surface area (Å²) >= 11 is 0. The molecule has 2 fully saturated rings. The predicted octanol–water partition coefficient (Wildman–Crippen LogP) is 6.39. The lowest BCUT2D eigenvalue weighted by atomic mass is 9.79. The van der Waals surface area contributed by atoms with E-state index >= 15 is 0 Å². The fourth-order valence-corrected chi connectivity index (χ4v) is 7.52. The van der Waals surface area contributed by atoms with Crippen LogP contribution in [0.5, 0.6) is 5.75 Å². The third kappa shape index (κ3) is 4.42.